The fourth-order valence-corrected chi connectivity index (χ4v) is 13.5. The number of cyclic esters (lactones) is 1. The first-order chi connectivity index (χ1) is 59.3. The van der Waals surface area contributed by atoms with E-state index in [4.69, 9.17) is 27.7 Å². The predicted octanol–water partition coefficient (Wildman–Crippen LogP) is -0.486. The number of unbranched alkanes of at least 4 members (excludes halogenated alkanes) is 4. The van der Waals surface area contributed by atoms with Gasteiger partial charge in [0.2, 0.25) is 106 Å². The molecule has 0 bridgehead atoms. The zero-order valence-electron chi connectivity index (χ0n) is 77.2. The van der Waals surface area contributed by atoms with Gasteiger partial charge in [-0.25, -0.2) is 4.79 Å². The minimum Gasteiger partial charge on any atom is -0.481 e. The van der Waals surface area contributed by atoms with E-state index in [9.17, 15) is 96.5 Å². The summed E-state index contributed by atoms with van der Waals surface area (Å²) in [5.41, 5.74) is 22.2. The summed E-state index contributed by atoms with van der Waals surface area (Å²) >= 11 is 0. The standard InChI is InChI=1S/C86H148N18O23/c1-18-20-21-22-23-24-25-26-52(105)42-68(110)91-58(37-44(3)4)78(118)96-57(31-36-69(111)112)73(113)92-55(29-34-66(89)108)76(116)102-70(49(13)14)84(124)99-62(41-48(11)12)81(121)94-54(28-33-65(88)107)75(115)101-63-43-127-86(126)72(51(17)19-2)104-77(117)56(30-35-67(90)109)95-79(119)59(38-45(5)6)98-82(122)60(39-46(7)8)97-74(114)53(27-32-64(87)106)93-80(120)61(40-47(9)10)100-85(125)71(50(15)16)103-83(63)123/h24-25,44-63,70-72,105H,18-23,26-43H2,1-17H3,(H2,87,106)(H2,88,107)(H2,89,108)(H2,90,109)(H,91,110)(H,92,113)(H,93,120)(H,94,121)(H,95,119)(H,96,118)(H,97,114)(H,98,122)(H,99,124)(H,100,125)(H,101,115)(H,102,116)(H,103,123)(H,104,117)(H,111,112)/b25-24-. The average molecular weight is 1800 g/mol. The first-order valence-corrected chi connectivity index (χ1v) is 44.4. The molecule has 0 aromatic rings. The molecular weight excluding hydrogens is 1650 g/mol. The maximum absolute atomic E-state index is 15.1. The van der Waals surface area contributed by atoms with Crippen molar-refractivity contribution >= 4 is 118 Å². The molecule has 0 aromatic heterocycles. The molecule has 0 saturated carbocycles. The first kappa shape index (κ1) is 114. The van der Waals surface area contributed by atoms with Crippen LogP contribution in [0.3, 0.4) is 0 Å². The number of carboxylic acid groups (broad SMARTS) is 1. The average Bonchev–Trinajstić information content (AvgIpc) is 1.22. The van der Waals surface area contributed by atoms with Crippen molar-refractivity contribution in [1.29, 1.82) is 0 Å². The van der Waals surface area contributed by atoms with Crippen molar-refractivity contribution in [2.45, 2.75) is 356 Å². The van der Waals surface area contributed by atoms with Gasteiger partial charge in [-0.15, -0.1) is 0 Å². The Bertz CT molecular complexity index is 3720. The summed E-state index contributed by atoms with van der Waals surface area (Å²) < 4.78 is 5.80. The molecule has 24 N–H and O–H groups in total. The lowest BCUT2D eigenvalue weighted by Gasteiger charge is -2.30. The van der Waals surface area contributed by atoms with Gasteiger partial charge in [0, 0.05) is 32.1 Å². The molecule has 0 aliphatic carbocycles. The van der Waals surface area contributed by atoms with Gasteiger partial charge in [0.05, 0.1) is 12.5 Å². The number of carbonyl (C=O) groups is 20. The molecule has 16 unspecified atom stereocenters. The summed E-state index contributed by atoms with van der Waals surface area (Å²) in [6, 6.07) is -23.0. The van der Waals surface area contributed by atoms with E-state index >= 15 is 9.59 Å². The van der Waals surface area contributed by atoms with Crippen LogP contribution in [0.5, 0.6) is 0 Å². The first-order valence-electron chi connectivity index (χ1n) is 44.4. The van der Waals surface area contributed by atoms with Gasteiger partial charge in [0.25, 0.3) is 0 Å². The number of aliphatic carboxylic acids is 1. The molecule has 1 rings (SSSR count). The predicted molar refractivity (Wildman–Crippen MR) is 468 cm³/mol. The number of aliphatic hydroxyl groups is 1. The van der Waals surface area contributed by atoms with Gasteiger partial charge in [0.15, 0.2) is 0 Å². The molecule has 1 aliphatic heterocycles. The second-order valence-electron chi connectivity index (χ2n) is 35.7. The maximum Gasteiger partial charge on any atom is 0.329 e. The third-order valence-electron chi connectivity index (χ3n) is 20.8. The van der Waals surface area contributed by atoms with Crippen LogP contribution in [0.4, 0.5) is 0 Å². The number of primary amides is 4. The molecular formula is C86H148N18O23. The van der Waals surface area contributed by atoms with Gasteiger partial charge < -0.3 is 112 Å². The number of ether oxygens (including phenoxy) is 1. The highest BCUT2D eigenvalue weighted by atomic mass is 16.5. The molecule has 0 aromatic carbocycles. The SMILES string of the molecule is CCCCCC/C=C\CC(O)CC(=O)NC(CC(C)C)C(=O)NC(CCC(=O)O)C(=O)NC(CCC(N)=O)C(=O)NC(C(=O)NC(CC(C)C)C(=O)NC(CCC(N)=O)C(=O)NC1COC(=O)C(C(C)CC)NC(=O)C(CCC(N)=O)NC(=O)C(CC(C)C)NC(=O)C(CC(C)C)NC(=O)C(CCC(N)=O)NC(=O)C(CC(C)C)NC(=O)C(C(C)C)NC1=O)C(C)C. The second-order valence-corrected chi connectivity index (χ2v) is 35.7. The molecule has 18 amide bonds. The van der Waals surface area contributed by atoms with Crippen molar-refractivity contribution in [3.05, 3.63) is 12.2 Å². The Hall–Kier alpha value is -10.9. The lowest BCUT2D eigenvalue weighted by molar-refractivity contribution is -0.152. The van der Waals surface area contributed by atoms with Crippen LogP contribution in [0.25, 0.3) is 0 Å². The summed E-state index contributed by atoms with van der Waals surface area (Å²) in [5.74, 6) is -25.2. The third kappa shape index (κ3) is 46.4. The highest BCUT2D eigenvalue weighted by Gasteiger charge is 2.42. The molecule has 41 nitrogen and oxygen atoms in total. The quantitative estimate of drug-likeness (QED) is 0.0208. The van der Waals surface area contributed by atoms with E-state index in [0.29, 0.717) is 0 Å². The molecule has 1 aliphatic rings. The second kappa shape index (κ2) is 59.2. The summed E-state index contributed by atoms with van der Waals surface area (Å²) in [6.45, 7) is 27.2. The maximum atomic E-state index is 15.1. The number of amides is 18. The smallest absolute Gasteiger partial charge is 0.329 e. The number of carbonyl (C=O) groups excluding carboxylic acids is 19. The van der Waals surface area contributed by atoms with Gasteiger partial charge in [0.1, 0.15) is 91.2 Å². The van der Waals surface area contributed by atoms with Crippen LogP contribution in [-0.2, 0) is 101 Å². The molecule has 16 atom stereocenters. The molecule has 127 heavy (non-hydrogen) atoms. The zero-order chi connectivity index (χ0) is 96.8. The number of esters is 1. The fraction of sp³-hybridized carbons (Fsp3) is 0.744. The van der Waals surface area contributed by atoms with Crippen LogP contribution in [0.1, 0.15) is 265 Å². The Kier molecular flexibility index (Phi) is 53.2. The Balaban J connectivity index is 4.21. The highest BCUT2D eigenvalue weighted by Crippen LogP contribution is 2.19. The molecule has 1 saturated heterocycles. The largest absolute Gasteiger partial charge is 0.481 e. The van der Waals surface area contributed by atoms with Gasteiger partial charge in [-0.1, -0.05) is 156 Å². The van der Waals surface area contributed by atoms with Crippen molar-refractivity contribution in [3.8, 4) is 0 Å². The summed E-state index contributed by atoms with van der Waals surface area (Å²) in [7, 11) is 0. The molecule has 1 fully saturated rings. The van der Waals surface area contributed by atoms with Crippen LogP contribution >= 0.6 is 0 Å². The number of hydrogen-bond donors (Lipinski definition) is 20. The van der Waals surface area contributed by atoms with Gasteiger partial charge in [-0.3, -0.25) is 91.1 Å². The van der Waals surface area contributed by atoms with E-state index in [1.807, 2.05) is 6.08 Å². The number of carboxylic acids is 1. The van der Waals surface area contributed by atoms with Crippen molar-refractivity contribution in [2.24, 2.45) is 70.3 Å². The fourth-order valence-electron chi connectivity index (χ4n) is 13.5. The molecule has 720 valence electrons. The van der Waals surface area contributed by atoms with E-state index in [1.165, 1.54) is 34.6 Å². The Morgan fingerprint density at radius 3 is 1.22 bits per heavy atom. The number of nitrogens with two attached hydrogens (primary N) is 4. The Morgan fingerprint density at radius 2 is 0.811 bits per heavy atom. The van der Waals surface area contributed by atoms with Gasteiger partial charge in [-0.05, 0) is 131 Å². The van der Waals surface area contributed by atoms with E-state index in [0.717, 1.165) is 32.1 Å². The summed E-state index contributed by atoms with van der Waals surface area (Å²) in [4.78, 5) is 280. The summed E-state index contributed by atoms with van der Waals surface area (Å²) in [5, 5.41) is 56.1. The van der Waals surface area contributed by atoms with Crippen LogP contribution < -0.4 is 97.4 Å². The number of aliphatic hydroxyl groups excluding tert-OH is 1. The third-order valence-corrected chi connectivity index (χ3v) is 20.8. The van der Waals surface area contributed by atoms with E-state index in [2.05, 4.69) is 81.4 Å². The van der Waals surface area contributed by atoms with Crippen LogP contribution in [0, 0.1) is 47.3 Å². The summed E-state index contributed by atoms with van der Waals surface area (Å²) in [6.07, 6.45) is 1.49. The van der Waals surface area contributed by atoms with E-state index in [-0.39, 0.29) is 75.0 Å². The minimum absolute atomic E-state index is 0.0208. The number of rotatable bonds is 51. The van der Waals surface area contributed by atoms with Crippen molar-refractivity contribution in [1.82, 2.24) is 74.4 Å². The van der Waals surface area contributed by atoms with Gasteiger partial charge in [-0.2, -0.15) is 0 Å². The Morgan fingerprint density at radius 1 is 0.425 bits per heavy atom. The molecule has 0 radical (unpaired) electrons. The van der Waals surface area contributed by atoms with Crippen molar-refractivity contribution in [3.63, 3.8) is 0 Å². The highest BCUT2D eigenvalue weighted by molar-refractivity contribution is 6.01. The lowest BCUT2D eigenvalue weighted by atomic mass is 9.97. The van der Waals surface area contributed by atoms with Crippen LogP contribution in [0.2, 0.25) is 0 Å². The molecule has 1 heterocycles. The van der Waals surface area contributed by atoms with Crippen LogP contribution in [-0.4, -0.2) is 226 Å². The zero-order valence-corrected chi connectivity index (χ0v) is 77.2. The van der Waals surface area contributed by atoms with Crippen LogP contribution in [0.15, 0.2) is 12.2 Å². The molecule has 41 heteroatoms. The van der Waals surface area contributed by atoms with Gasteiger partial charge >= 0.3 is 11.9 Å². The lowest BCUT2D eigenvalue weighted by Crippen LogP contribution is -2.62. The van der Waals surface area contributed by atoms with Crippen molar-refractivity contribution < 1.29 is 111 Å². The topological polar surface area (TPSA) is 664 Å². The van der Waals surface area contributed by atoms with E-state index in [1.54, 1.807) is 82.2 Å². The van der Waals surface area contributed by atoms with E-state index < -0.39 is 303 Å². The number of nitrogens with one attached hydrogen (secondary N) is 14. The minimum atomic E-state index is -2.11. The normalized spacial score (nSPS) is 20.5. The molecule has 0 spiro atoms. The number of allylic oxidation sites excluding steroid dienone is 1. The number of hydrogen-bond acceptors (Lipinski definition) is 22. The van der Waals surface area contributed by atoms with Crippen molar-refractivity contribution in [2.75, 3.05) is 6.61 Å². The monoisotopic (exact) mass is 1800 g/mol. The Labute approximate surface area is 745 Å².